The largest absolute Gasteiger partial charge is 0.508 e. The molecule has 0 fully saturated rings. The van der Waals surface area contributed by atoms with E-state index in [9.17, 15) is 9.50 Å². The molecule has 0 heterocycles. The van der Waals surface area contributed by atoms with Crippen LogP contribution >= 0.6 is 11.6 Å². The summed E-state index contributed by atoms with van der Waals surface area (Å²) in [5, 5.41) is 12.8. The summed E-state index contributed by atoms with van der Waals surface area (Å²) in [6, 6.07) is 11.0. The van der Waals surface area contributed by atoms with Gasteiger partial charge in [0.2, 0.25) is 0 Å². The molecule has 0 aromatic heterocycles. The third-order valence-electron chi connectivity index (χ3n) is 2.69. The molecule has 1 atom stereocenters. The van der Waals surface area contributed by atoms with Crippen molar-refractivity contribution in [2.75, 3.05) is 5.32 Å². The monoisotopic (exact) mass is 265 g/mol. The highest BCUT2D eigenvalue weighted by atomic mass is 35.5. The molecule has 2 rings (SSSR count). The summed E-state index contributed by atoms with van der Waals surface area (Å²) < 4.78 is 13.1. The minimum Gasteiger partial charge on any atom is -0.508 e. The average Bonchev–Trinajstić information content (AvgIpc) is 2.34. The molecule has 0 amide bonds. The first-order chi connectivity index (χ1) is 8.56. The second-order valence-corrected chi connectivity index (χ2v) is 4.49. The zero-order chi connectivity index (χ0) is 13.1. The van der Waals surface area contributed by atoms with Crippen LogP contribution in [0.4, 0.5) is 10.1 Å². The molecule has 94 valence electrons. The van der Waals surface area contributed by atoms with Crippen LogP contribution in [0.1, 0.15) is 18.5 Å². The van der Waals surface area contributed by atoms with Gasteiger partial charge in [0.15, 0.2) is 0 Å². The van der Waals surface area contributed by atoms with E-state index in [4.69, 9.17) is 11.6 Å². The first-order valence-electron chi connectivity index (χ1n) is 5.57. The maximum absolute atomic E-state index is 13.1. The van der Waals surface area contributed by atoms with Crippen LogP contribution in [0.25, 0.3) is 0 Å². The van der Waals surface area contributed by atoms with E-state index < -0.39 is 0 Å². The van der Waals surface area contributed by atoms with Gasteiger partial charge in [-0.3, -0.25) is 0 Å². The van der Waals surface area contributed by atoms with Gasteiger partial charge in [0.05, 0.1) is 10.7 Å². The highest BCUT2D eigenvalue weighted by molar-refractivity contribution is 6.33. The fourth-order valence-electron chi connectivity index (χ4n) is 1.69. The van der Waals surface area contributed by atoms with Gasteiger partial charge in [-0.25, -0.2) is 4.39 Å². The molecule has 4 heteroatoms. The molecule has 0 spiro atoms. The summed E-state index contributed by atoms with van der Waals surface area (Å²) in [6.45, 7) is 1.94. The lowest BCUT2D eigenvalue weighted by molar-refractivity contribution is 0.475. The minimum absolute atomic E-state index is 0.0371. The maximum Gasteiger partial charge on any atom is 0.125 e. The Morgan fingerprint density at radius 3 is 2.50 bits per heavy atom. The number of aromatic hydroxyl groups is 1. The van der Waals surface area contributed by atoms with Crippen LogP contribution < -0.4 is 5.32 Å². The van der Waals surface area contributed by atoms with Crippen molar-refractivity contribution in [2.45, 2.75) is 13.0 Å². The van der Waals surface area contributed by atoms with Gasteiger partial charge in [-0.15, -0.1) is 0 Å². The number of phenolic OH excluding ortho intramolecular Hbond substituents is 1. The Bertz CT molecular complexity index is 542. The fraction of sp³-hybridized carbons (Fsp3) is 0.143. The van der Waals surface area contributed by atoms with Crippen molar-refractivity contribution in [3.8, 4) is 5.75 Å². The summed E-state index contributed by atoms with van der Waals surface area (Å²) in [6.07, 6.45) is 0. The van der Waals surface area contributed by atoms with Crippen LogP contribution in [-0.2, 0) is 0 Å². The summed E-state index contributed by atoms with van der Waals surface area (Å²) >= 11 is 5.98. The molecule has 0 aliphatic heterocycles. The Morgan fingerprint density at radius 1 is 1.17 bits per heavy atom. The quantitative estimate of drug-likeness (QED) is 0.864. The minimum atomic E-state index is -0.334. The Kier molecular flexibility index (Phi) is 3.72. The van der Waals surface area contributed by atoms with Crippen molar-refractivity contribution in [2.24, 2.45) is 0 Å². The van der Waals surface area contributed by atoms with Crippen molar-refractivity contribution in [3.63, 3.8) is 0 Å². The average molecular weight is 266 g/mol. The molecular formula is C14H13ClFNO. The fourth-order valence-corrected chi connectivity index (χ4v) is 1.86. The van der Waals surface area contributed by atoms with Gasteiger partial charge in [0.25, 0.3) is 0 Å². The molecule has 2 aromatic rings. The molecule has 0 saturated carbocycles. The third kappa shape index (κ3) is 2.93. The molecule has 0 aliphatic rings. The van der Waals surface area contributed by atoms with Gasteiger partial charge in [0.1, 0.15) is 11.6 Å². The van der Waals surface area contributed by atoms with Crippen LogP contribution in [-0.4, -0.2) is 5.11 Å². The van der Waals surface area contributed by atoms with Crippen LogP contribution in [0.15, 0.2) is 42.5 Å². The summed E-state index contributed by atoms with van der Waals surface area (Å²) in [5.41, 5.74) is 1.53. The topological polar surface area (TPSA) is 32.3 Å². The lowest BCUT2D eigenvalue weighted by Crippen LogP contribution is -2.07. The molecule has 18 heavy (non-hydrogen) atoms. The Hall–Kier alpha value is -1.74. The lowest BCUT2D eigenvalue weighted by atomic mass is 10.1. The summed E-state index contributed by atoms with van der Waals surface area (Å²) in [5.74, 6) is -0.116. The van der Waals surface area contributed by atoms with E-state index >= 15 is 0 Å². The second-order valence-electron chi connectivity index (χ2n) is 4.08. The van der Waals surface area contributed by atoms with Crippen molar-refractivity contribution < 1.29 is 9.50 Å². The van der Waals surface area contributed by atoms with Gasteiger partial charge in [-0.05, 0) is 42.8 Å². The number of hydrogen-bond acceptors (Lipinski definition) is 2. The maximum atomic E-state index is 13.1. The number of nitrogens with one attached hydrogen (secondary N) is 1. The number of rotatable bonds is 3. The van der Waals surface area contributed by atoms with E-state index in [0.29, 0.717) is 10.7 Å². The number of anilines is 1. The smallest absolute Gasteiger partial charge is 0.125 e. The molecule has 0 bridgehead atoms. The van der Waals surface area contributed by atoms with Crippen molar-refractivity contribution in [1.29, 1.82) is 0 Å². The van der Waals surface area contributed by atoms with Crippen LogP contribution in [0.2, 0.25) is 5.02 Å². The third-order valence-corrected chi connectivity index (χ3v) is 3.02. The van der Waals surface area contributed by atoms with Crippen molar-refractivity contribution >= 4 is 17.3 Å². The number of hydrogen-bond donors (Lipinski definition) is 2. The SMILES string of the molecule is CC(Nc1cc(F)ccc1Cl)c1ccc(O)cc1. The van der Waals surface area contributed by atoms with E-state index in [2.05, 4.69) is 5.32 Å². The van der Waals surface area contributed by atoms with Gasteiger partial charge >= 0.3 is 0 Å². The number of halogens is 2. The van der Waals surface area contributed by atoms with E-state index in [-0.39, 0.29) is 17.6 Å². The predicted molar refractivity (Wildman–Crippen MR) is 71.6 cm³/mol. The lowest BCUT2D eigenvalue weighted by Gasteiger charge is -2.16. The van der Waals surface area contributed by atoms with Crippen LogP contribution in [0.3, 0.4) is 0 Å². The molecule has 0 radical (unpaired) electrons. The highest BCUT2D eigenvalue weighted by Gasteiger charge is 2.08. The summed E-state index contributed by atoms with van der Waals surface area (Å²) in [7, 11) is 0. The van der Waals surface area contributed by atoms with E-state index in [1.807, 2.05) is 6.92 Å². The molecular weight excluding hydrogens is 253 g/mol. The molecule has 2 nitrogen and oxygen atoms in total. The zero-order valence-corrected chi connectivity index (χ0v) is 10.6. The number of phenols is 1. The number of benzene rings is 2. The molecule has 0 saturated heterocycles. The van der Waals surface area contributed by atoms with Crippen LogP contribution in [0.5, 0.6) is 5.75 Å². The van der Waals surface area contributed by atoms with E-state index in [0.717, 1.165) is 5.56 Å². The van der Waals surface area contributed by atoms with Gasteiger partial charge < -0.3 is 10.4 Å². The first-order valence-corrected chi connectivity index (χ1v) is 5.94. The van der Waals surface area contributed by atoms with Crippen LogP contribution in [0, 0.1) is 5.82 Å². The van der Waals surface area contributed by atoms with Crippen molar-refractivity contribution in [1.82, 2.24) is 0 Å². The van der Waals surface area contributed by atoms with Gasteiger partial charge in [-0.2, -0.15) is 0 Å². The van der Waals surface area contributed by atoms with Gasteiger partial charge in [-0.1, -0.05) is 23.7 Å². The molecule has 0 aliphatic carbocycles. The molecule has 2 aromatic carbocycles. The highest BCUT2D eigenvalue weighted by Crippen LogP contribution is 2.27. The van der Waals surface area contributed by atoms with Gasteiger partial charge in [0, 0.05) is 6.04 Å². The normalized spacial score (nSPS) is 12.2. The Balaban J connectivity index is 2.18. The van der Waals surface area contributed by atoms with E-state index in [1.165, 1.54) is 18.2 Å². The second kappa shape index (κ2) is 5.27. The van der Waals surface area contributed by atoms with E-state index in [1.54, 1.807) is 24.3 Å². The molecule has 1 unspecified atom stereocenters. The predicted octanol–water partition coefficient (Wildman–Crippen LogP) is 4.36. The zero-order valence-electron chi connectivity index (χ0n) is 9.82. The van der Waals surface area contributed by atoms with Crippen molar-refractivity contribution in [3.05, 3.63) is 58.9 Å². The Morgan fingerprint density at radius 2 is 1.83 bits per heavy atom. The standard InChI is InChI=1S/C14H13ClFNO/c1-9(10-2-5-12(18)6-3-10)17-14-8-11(16)4-7-13(14)15/h2-9,17-18H,1H3. The first kappa shape index (κ1) is 12.7. The summed E-state index contributed by atoms with van der Waals surface area (Å²) in [4.78, 5) is 0. The Labute approximate surface area is 110 Å². The molecule has 2 N–H and O–H groups in total.